The lowest BCUT2D eigenvalue weighted by Gasteiger charge is -2.30. The molecule has 3 aliphatic rings. The lowest BCUT2D eigenvalue weighted by molar-refractivity contribution is -0.132. The summed E-state index contributed by atoms with van der Waals surface area (Å²) >= 11 is 0. The van der Waals surface area contributed by atoms with Gasteiger partial charge >= 0.3 is 0 Å². The zero-order valence-electron chi connectivity index (χ0n) is 29.1. The fourth-order valence-corrected chi connectivity index (χ4v) is 7.54. The number of aryl methyl sites for hydroxylation is 2. The summed E-state index contributed by atoms with van der Waals surface area (Å²) in [5.74, 6) is 0.155. The van der Waals surface area contributed by atoms with Crippen molar-refractivity contribution in [1.82, 2.24) is 29.4 Å². The molecule has 4 bridgehead atoms. The molecule has 1 fully saturated rings. The molecule has 0 saturated carbocycles. The highest BCUT2D eigenvalue weighted by Gasteiger charge is 2.41. The summed E-state index contributed by atoms with van der Waals surface area (Å²) in [6.07, 6.45) is 3.62. The van der Waals surface area contributed by atoms with Crippen molar-refractivity contribution in [3.63, 3.8) is 0 Å². The Morgan fingerprint density at radius 3 is 2.67 bits per heavy atom. The van der Waals surface area contributed by atoms with E-state index in [-0.39, 0.29) is 41.4 Å². The summed E-state index contributed by atoms with van der Waals surface area (Å²) in [6, 6.07) is 11.3. The Labute approximate surface area is 298 Å². The smallest absolute Gasteiger partial charge is 0.245 e. The van der Waals surface area contributed by atoms with Gasteiger partial charge in [-0.1, -0.05) is 6.07 Å². The first kappa shape index (κ1) is 33.6. The number of anilines is 2. The third-order valence-electron chi connectivity index (χ3n) is 10.1. The summed E-state index contributed by atoms with van der Waals surface area (Å²) in [4.78, 5) is 51.0. The minimum Gasteiger partial charge on any atom is -0.493 e. The number of amides is 1. The average molecular weight is 709 g/mol. The minimum absolute atomic E-state index is 0.165. The largest absolute Gasteiger partial charge is 0.493 e. The van der Waals surface area contributed by atoms with Crippen molar-refractivity contribution in [3.8, 4) is 17.0 Å². The Kier molecular flexibility index (Phi) is 8.77. The van der Waals surface area contributed by atoms with E-state index in [1.165, 1.54) is 30.3 Å². The van der Waals surface area contributed by atoms with Gasteiger partial charge < -0.3 is 29.2 Å². The fraction of sp³-hybridized carbons (Fsp3) is 0.368. The molecular formula is C38H38F2N8O4. The predicted octanol–water partition coefficient (Wildman–Crippen LogP) is 4.97. The number of fused-ring (bicyclic) bond motifs is 7. The van der Waals surface area contributed by atoms with Gasteiger partial charge in [0.2, 0.25) is 17.6 Å². The van der Waals surface area contributed by atoms with Gasteiger partial charge in [-0.15, -0.1) is 0 Å². The normalized spacial score (nSPS) is 20.8. The van der Waals surface area contributed by atoms with E-state index in [9.17, 15) is 18.4 Å². The van der Waals surface area contributed by atoms with Crippen molar-refractivity contribution < 1.29 is 27.8 Å². The van der Waals surface area contributed by atoms with E-state index >= 15 is 0 Å². The lowest BCUT2D eigenvalue weighted by Crippen LogP contribution is -2.47. The van der Waals surface area contributed by atoms with Crippen LogP contribution in [0.1, 0.15) is 46.7 Å². The standard InChI is InChI=1S/C38H38F2N8O4/c1-21-42-30-14-24(40)13-28-29-8-6-9-33(44-29)43-25-16-31(37(50)46(2)19-26(51-3)20-47(21)35(28)30)48(18-25)38-41-17-22-7-4-5-12-52-32-15-23(39)10-11-27(32)36(49)34(22)45-38/h6,8-11,13-15,17,25-26,31H,4-5,7,12,16,18-20H2,1-3H3,(H,43,44)/t25?,26-,31-/m0/s1. The van der Waals surface area contributed by atoms with Crippen molar-refractivity contribution in [2.45, 2.75) is 57.3 Å². The van der Waals surface area contributed by atoms with Gasteiger partial charge in [-0.3, -0.25) is 9.59 Å². The Bertz CT molecular complexity index is 2210. The van der Waals surface area contributed by atoms with Gasteiger partial charge in [0.25, 0.3) is 0 Å². The van der Waals surface area contributed by atoms with Gasteiger partial charge in [-0.2, -0.15) is 0 Å². The van der Waals surface area contributed by atoms with Gasteiger partial charge in [-0.05, 0) is 62.9 Å². The van der Waals surface area contributed by atoms with E-state index in [4.69, 9.17) is 24.4 Å². The van der Waals surface area contributed by atoms with E-state index in [1.807, 2.05) is 34.6 Å². The first-order valence-electron chi connectivity index (χ1n) is 17.4. The number of hydrogen-bond acceptors (Lipinski definition) is 10. The van der Waals surface area contributed by atoms with Crippen molar-refractivity contribution in [2.75, 3.05) is 44.1 Å². The molecule has 1 N–H and O–H groups in total. The molecule has 0 radical (unpaired) electrons. The van der Waals surface area contributed by atoms with Crippen molar-refractivity contribution in [3.05, 3.63) is 89.0 Å². The molecule has 268 valence electrons. The van der Waals surface area contributed by atoms with Gasteiger partial charge in [0.1, 0.15) is 40.8 Å². The van der Waals surface area contributed by atoms with E-state index in [1.54, 1.807) is 25.3 Å². The molecule has 14 heteroatoms. The first-order valence-corrected chi connectivity index (χ1v) is 17.4. The van der Waals surface area contributed by atoms with Gasteiger partial charge in [0.05, 0.1) is 41.5 Å². The Balaban J connectivity index is 1.20. The number of likely N-dealkylation sites (N-methyl/N-ethyl adjacent to an activating group) is 1. The van der Waals surface area contributed by atoms with Crippen molar-refractivity contribution in [2.24, 2.45) is 0 Å². The minimum atomic E-state index is -0.682. The van der Waals surface area contributed by atoms with E-state index in [2.05, 4.69) is 10.3 Å². The molecule has 1 unspecified atom stereocenters. The molecule has 0 spiro atoms. The number of benzene rings is 2. The van der Waals surface area contributed by atoms with Crippen LogP contribution in [0.4, 0.5) is 20.5 Å². The van der Waals surface area contributed by atoms with Crippen molar-refractivity contribution in [1.29, 1.82) is 0 Å². The number of carbonyl (C=O) groups is 2. The van der Waals surface area contributed by atoms with Crippen LogP contribution in [0.15, 0.2) is 54.7 Å². The van der Waals surface area contributed by atoms with E-state index < -0.39 is 29.6 Å². The molecule has 3 aliphatic heterocycles. The number of pyridine rings is 1. The van der Waals surface area contributed by atoms with Crippen molar-refractivity contribution >= 4 is 34.5 Å². The lowest BCUT2D eigenvalue weighted by atomic mass is 10.00. The van der Waals surface area contributed by atoms with Crippen LogP contribution < -0.4 is 15.0 Å². The summed E-state index contributed by atoms with van der Waals surface area (Å²) in [7, 11) is 3.34. The number of ketones is 1. The molecule has 3 aromatic heterocycles. The molecule has 1 saturated heterocycles. The van der Waals surface area contributed by atoms with Crippen LogP contribution in [-0.4, -0.2) is 93.1 Å². The van der Waals surface area contributed by atoms with Crippen LogP contribution in [0.2, 0.25) is 0 Å². The number of carbonyl (C=O) groups excluding carboxylic acids is 2. The van der Waals surface area contributed by atoms with Gasteiger partial charge in [0.15, 0.2) is 0 Å². The summed E-state index contributed by atoms with van der Waals surface area (Å²) in [5, 5.41) is 3.49. The van der Waals surface area contributed by atoms with E-state index in [0.29, 0.717) is 72.9 Å². The zero-order valence-corrected chi connectivity index (χ0v) is 29.1. The SMILES string of the molecule is CO[C@H]1CN(C)C(=O)[C@@H]2CC(CN2c2ncc3c(n2)C(=O)c2ccc(F)cc2OCCCC3)Nc2cccc(n2)-c2cc(F)cc3nc(C)n(c23)C1. The molecule has 2 aromatic carbocycles. The number of methoxy groups -OCH3 is 1. The molecule has 8 rings (SSSR count). The highest BCUT2D eigenvalue weighted by atomic mass is 19.1. The Morgan fingerprint density at radius 2 is 1.83 bits per heavy atom. The molecule has 6 heterocycles. The highest BCUT2D eigenvalue weighted by molar-refractivity contribution is 6.10. The predicted molar refractivity (Wildman–Crippen MR) is 190 cm³/mol. The maximum absolute atomic E-state index is 15.0. The molecule has 5 aromatic rings. The Morgan fingerprint density at radius 1 is 0.962 bits per heavy atom. The Hall–Kier alpha value is -5.50. The topological polar surface area (TPSA) is 128 Å². The molecule has 52 heavy (non-hydrogen) atoms. The average Bonchev–Trinajstić information content (AvgIpc) is 3.69. The second kappa shape index (κ2) is 13.6. The summed E-state index contributed by atoms with van der Waals surface area (Å²) in [6.45, 7) is 3.16. The van der Waals surface area contributed by atoms with Gasteiger partial charge in [0, 0.05) is 62.7 Å². The van der Waals surface area contributed by atoms with Crippen LogP contribution in [0.5, 0.6) is 5.75 Å². The van der Waals surface area contributed by atoms with Crippen LogP contribution in [0.3, 0.4) is 0 Å². The number of aromatic nitrogens is 5. The zero-order chi connectivity index (χ0) is 36.1. The summed E-state index contributed by atoms with van der Waals surface area (Å²) < 4.78 is 42.9. The number of halogens is 2. The number of ether oxygens (including phenoxy) is 2. The second-order valence-corrected chi connectivity index (χ2v) is 13.6. The van der Waals surface area contributed by atoms with Crippen LogP contribution in [0, 0.1) is 18.6 Å². The monoisotopic (exact) mass is 708 g/mol. The van der Waals surface area contributed by atoms with Crippen LogP contribution >= 0.6 is 0 Å². The van der Waals surface area contributed by atoms with Crippen LogP contribution in [0.25, 0.3) is 22.3 Å². The number of hydrogen-bond donors (Lipinski definition) is 1. The number of imidazole rings is 1. The molecular weight excluding hydrogens is 670 g/mol. The number of rotatable bonds is 2. The molecule has 12 nitrogen and oxygen atoms in total. The maximum atomic E-state index is 15.0. The van der Waals surface area contributed by atoms with Gasteiger partial charge in [-0.25, -0.2) is 28.7 Å². The first-order chi connectivity index (χ1) is 25.2. The third kappa shape index (κ3) is 6.20. The summed E-state index contributed by atoms with van der Waals surface area (Å²) in [5.41, 5.74) is 3.50. The molecule has 1 amide bonds. The third-order valence-corrected chi connectivity index (χ3v) is 10.1. The van der Waals surface area contributed by atoms with Crippen LogP contribution in [-0.2, 0) is 22.5 Å². The quantitative estimate of drug-likeness (QED) is 0.269. The molecule has 0 aliphatic carbocycles. The van der Waals surface area contributed by atoms with E-state index in [0.717, 1.165) is 11.9 Å². The highest BCUT2D eigenvalue weighted by Crippen LogP contribution is 2.33. The second-order valence-electron chi connectivity index (χ2n) is 13.6. The number of nitrogens with one attached hydrogen (secondary N) is 1. The molecule has 3 atom stereocenters. The maximum Gasteiger partial charge on any atom is 0.245 e. The number of nitrogens with zero attached hydrogens (tertiary/aromatic N) is 7. The fourth-order valence-electron chi connectivity index (χ4n) is 7.54.